The molecule has 0 radical (unpaired) electrons. The molecule has 1 saturated heterocycles. The molecular formula is C11H21N5O2S. The quantitative estimate of drug-likeness (QED) is 0.778. The van der Waals surface area contributed by atoms with Gasteiger partial charge in [-0.3, -0.25) is 5.10 Å². The molecule has 1 aromatic rings. The van der Waals surface area contributed by atoms with Crippen molar-refractivity contribution in [1.29, 1.82) is 0 Å². The molecule has 0 unspecified atom stereocenters. The number of aromatic nitrogens is 3. The lowest BCUT2D eigenvalue weighted by atomic mass is 9.97. The van der Waals surface area contributed by atoms with Crippen molar-refractivity contribution in [2.45, 2.75) is 18.6 Å². The molecular weight excluding hydrogens is 266 g/mol. The Morgan fingerprint density at radius 3 is 2.68 bits per heavy atom. The molecule has 0 aromatic carbocycles. The van der Waals surface area contributed by atoms with E-state index >= 15 is 0 Å². The van der Waals surface area contributed by atoms with E-state index in [1.165, 1.54) is 6.26 Å². The molecule has 2 N–H and O–H groups in total. The number of hydrogen-bond donors (Lipinski definition) is 2. The van der Waals surface area contributed by atoms with Gasteiger partial charge in [-0.1, -0.05) is 0 Å². The maximum Gasteiger partial charge on any atom is 0.244 e. The first-order valence-electron chi connectivity index (χ1n) is 6.46. The van der Waals surface area contributed by atoms with Crippen LogP contribution in [0.5, 0.6) is 0 Å². The predicted octanol–water partition coefficient (Wildman–Crippen LogP) is -0.215. The first kappa shape index (κ1) is 14.3. The molecule has 0 spiro atoms. The Bertz CT molecular complexity index is 505. The summed E-state index contributed by atoms with van der Waals surface area (Å²) in [6.45, 7) is 2.88. The lowest BCUT2D eigenvalue weighted by Gasteiger charge is -2.30. The Morgan fingerprint density at radius 1 is 1.42 bits per heavy atom. The van der Waals surface area contributed by atoms with Gasteiger partial charge in [0.15, 0.2) is 9.84 Å². The number of rotatable bonds is 5. The van der Waals surface area contributed by atoms with Crippen molar-refractivity contribution in [3.63, 3.8) is 0 Å². The van der Waals surface area contributed by atoms with Gasteiger partial charge < -0.3 is 10.2 Å². The summed E-state index contributed by atoms with van der Waals surface area (Å²) in [5.74, 6) is 1.64. The summed E-state index contributed by atoms with van der Waals surface area (Å²) in [5, 5.41) is 10.0. The number of nitrogens with one attached hydrogen (secondary N) is 2. The lowest BCUT2D eigenvalue weighted by Crippen LogP contribution is -2.37. The normalized spacial score (nSPS) is 17.9. The van der Waals surface area contributed by atoms with Crippen LogP contribution < -0.4 is 10.2 Å². The molecule has 0 aliphatic carbocycles. The van der Waals surface area contributed by atoms with E-state index in [1.54, 1.807) is 0 Å². The second-order valence-electron chi connectivity index (χ2n) is 5.14. The second-order valence-corrected chi connectivity index (χ2v) is 7.28. The number of hydrogen-bond acceptors (Lipinski definition) is 6. The highest BCUT2D eigenvalue weighted by molar-refractivity contribution is 7.89. The number of sulfone groups is 1. The maximum absolute atomic E-state index is 11.2. The van der Waals surface area contributed by atoms with E-state index in [-0.39, 0.29) is 5.75 Å². The van der Waals surface area contributed by atoms with Gasteiger partial charge in [-0.2, -0.15) is 4.98 Å². The fourth-order valence-electron chi connectivity index (χ4n) is 2.37. The average molecular weight is 287 g/mol. The van der Waals surface area contributed by atoms with E-state index in [4.69, 9.17) is 0 Å². The van der Waals surface area contributed by atoms with Gasteiger partial charge >= 0.3 is 0 Å². The van der Waals surface area contributed by atoms with Crippen LogP contribution in [0.2, 0.25) is 0 Å². The Kier molecular flexibility index (Phi) is 4.41. The molecule has 2 heterocycles. The van der Waals surface area contributed by atoms with Crippen LogP contribution in [0, 0.1) is 5.92 Å². The SMILES string of the molecule is CNCC1CCN(c2n[nH]c(CS(C)(=O)=O)n2)CC1. The lowest BCUT2D eigenvalue weighted by molar-refractivity contribution is 0.391. The highest BCUT2D eigenvalue weighted by atomic mass is 32.2. The van der Waals surface area contributed by atoms with Gasteiger partial charge in [-0.05, 0) is 32.4 Å². The molecule has 1 aliphatic heterocycles. The van der Waals surface area contributed by atoms with Crippen molar-refractivity contribution in [3.05, 3.63) is 5.82 Å². The zero-order valence-electron chi connectivity index (χ0n) is 11.4. The summed E-state index contributed by atoms with van der Waals surface area (Å²) in [5.41, 5.74) is 0. The zero-order valence-corrected chi connectivity index (χ0v) is 12.2. The smallest absolute Gasteiger partial charge is 0.244 e. The van der Waals surface area contributed by atoms with Crippen LogP contribution in [0.25, 0.3) is 0 Å². The molecule has 108 valence electrons. The van der Waals surface area contributed by atoms with Gasteiger partial charge in [0.05, 0.1) is 0 Å². The van der Waals surface area contributed by atoms with E-state index in [2.05, 4.69) is 25.4 Å². The molecule has 0 bridgehead atoms. The summed E-state index contributed by atoms with van der Waals surface area (Å²) >= 11 is 0. The molecule has 0 atom stereocenters. The van der Waals surface area contributed by atoms with Crippen molar-refractivity contribution < 1.29 is 8.42 Å². The minimum atomic E-state index is -3.07. The number of anilines is 1. The van der Waals surface area contributed by atoms with Crippen LogP contribution in [0.3, 0.4) is 0 Å². The number of piperidine rings is 1. The molecule has 1 aromatic heterocycles. The molecule has 0 saturated carbocycles. The van der Waals surface area contributed by atoms with E-state index < -0.39 is 9.84 Å². The zero-order chi connectivity index (χ0) is 13.9. The summed E-state index contributed by atoms with van der Waals surface area (Å²) in [4.78, 5) is 6.36. The van der Waals surface area contributed by atoms with Crippen molar-refractivity contribution in [2.24, 2.45) is 5.92 Å². The van der Waals surface area contributed by atoms with Gasteiger partial charge in [0.25, 0.3) is 0 Å². The third-order valence-electron chi connectivity index (χ3n) is 3.31. The van der Waals surface area contributed by atoms with Crippen molar-refractivity contribution in [3.8, 4) is 0 Å². The highest BCUT2D eigenvalue weighted by Gasteiger charge is 2.21. The average Bonchev–Trinajstić information content (AvgIpc) is 2.76. The molecule has 1 fully saturated rings. The van der Waals surface area contributed by atoms with Crippen molar-refractivity contribution in [2.75, 3.05) is 37.8 Å². The molecule has 19 heavy (non-hydrogen) atoms. The summed E-state index contributed by atoms with van der Waals surface area (Å²) in [6.07, 6.45) is 3.41. The third-order valence-corrected chi connectivity index (χ3v) is 4.11. The first-order valence-corrected chi connectivity index (χ1v) is 8.52. The van der Waals surface area contributed by atoms with Crippen LogP contribution in [-0.2, 0) is 15.6 Å². The van der Waals surface area contributed by atoms with E-state index in [0.717, 1.165) is 32.5 Å². The molecule has 8 heteroatoms. The van der Waals surface area contributed by atoms with E-state index in [9.17, 15) is 8.42 Å². The van der Waals surface area contributed by atoms with Gasteiger partial charge in [0, 0.05) is 19.3 Å². The Labute approximate surface area is 113 Å². The summed E-state index contributed by atoms with van der Waals surface area (Å²) < 4.78 is 22.4. The fourth-order valence-corrected chi connectivity index (χ4v) is 2.99. The Hall–Kier alpha value is -1.15. The van der Waals surface area contributed by atoms with E-state index in [1.807, 2.05) is 7.05 Å². The van der Waals surface area contributed by atoms with Crippen molar-refractivity contribution in [1.82, 2.24) is 20.5 Å². The standard InChI is InChI=1S/C11H21N5O2S/c1-12-7-9-3-5-16(6-4-9)11-13-10(14-15-11)8-19(2,17)18/h9,12H,3-8H2,1-2H3,(H,13,14,15). The van der Waals surface area contributed by atoms with Gasteiger partial charge in [-0.15, -0.1) is 5.10 Å². The predicted molar refractivity (Wildman–Crippen MR) is 73.8 cm³/mol. The number of aromatic amines is 1. The van der Waals surface area contributed by atoms with Crippen LogP contribution in [0.1, 0.15) is 18.7 Å². The first-order chi connectivity index (χ1) is 8.98. The largest absolute Gasteiger partial charge is 0.340 e. The molecule has 7 nitrogen and oxygen atoms in total. The molecule has 2 rings (SSSR count). The molecule has 0 amide bonds. The van der Waals surface area contributed by atoms with Crippen molar-refractivity contribution >= 4 is 15.8 Å². The third kappa shape index (κ3) is 4.17. The Balaban J connectivity index is 1.93. The fraction of sp³-hybridized carbons (Fsp3) is 0.818. The van der Waals surface area contributed by atoms with Crippen LogP contribution >= 0.6 is 0 Å². The molecule has 1 aliphatic rings. The summed E-state index contributed by atoms with van der Waals surface area (Å²) in [7, 11) is -1.10. The number of nitrogens with zero attached hydrogens (tertiary/aromatic N) is 3. The monoisotopic (exact) mass is 287 g/mol. The van der Waals surface area contributed by atoms with Gasteiger partial charge in [-0.25, -0.2) is 8.42 Å². The maximum atomic E-state index is 11.2. The van der Waals surface area contributed by atoms with Crippen LogP contribution in [0.15, 0.2) is 0 Å². The van der Waals surface area contributed by atoms with Gasteiger partial charge in [0.2, 0.25) is 5.95 Å². The Morgan fingerprint density at radius 2 is 2.11 bits per heavy atom. The summed E-state index contributed by atoms with van der Waals surface area (Å²) in [6, 6.07) is 0. The van der Waals surface area contributed by atoms with Crippen LogP contribution in [0.4, 0.5) is 5.95 Å². The minimum Gasteiger partial charge on any atom is -0.340 e. The second kappa shape index (κ2) is 5.87. The van der Waals surface area contributed by atoms with E-state index in [0.29, 0.717) is 17.7 Å². The number of H-pyrrole nitrogens is 1. The van der Waals surface area contributed by atoms with Gasteiger partial charge in [0.1, 0.15) is 11.6 Å². The topological polar surface area (TPSA) is 91.0 Å². The van der Waals surface area contributed by atoms with Crippen LogP contribution in [-0.4, -0.2) is 56.5 Å². The minimum absolute atomic E-state index is 0.0871. The highest BCUT2D eigenvalue weighted by Crippen LogP contribution is 2.20.